The Labute approximate surface area is 145 Å². The van der Waals surface area contributed by atoms with Crippen LogP contribution in [0.15, 0.2) is 46.3 Å². The molecule has 1 aromatic carbocycles. The number of aryl methyl sites for hydroxylation is 1. The highest BCUT2D eigenvalue weighted by molar-refractivity contribution is 8.00. The minimum atomic E-state index is -0.424. The number of rotatable bonds is 7. The van der Waals surface area contributed by atoms with E-state index in [4.69, 9.17) is 0 Å². The first kappa shape index (κ1) is 16.8. The van der Waals surface area contributed by atoms with E-state index in [1.165, 1.54) is 17.8 Å². The molecule has 1 fully saturated rings. The molecule has 5 nitrogen and oxygen atoms in total. The Hall–Kier alpha value is -2.08. The number of nitrogens with zero attached hydrogens (tertiary/aromatic N) is 1. The van der Waals surface area contributed by atoms with Crippen molar-refractivity contribution >= 4 is 17.7 Å². The molecule has 0 unspecified atom stereocenters. The number of aromatic nitrogens is 2. The van der Waals surface area contributed by atoms with Crippen molar-refractivity contribution in [2.24, 2.45) is 0 Å². The third-order valence-electron chi connectivity index (χ3n) is 3.77. The van der Waals surface area contributed by atoms with Gasteiger partial charge in [0.1, 0.15) is 5.25 Å². The highest BCUT2D eigenvalue weighted by atomic mass is 32.2. The number of nitrogens with one attached hydrogen (secondary N) is 2. The van der Waals surface area contributed by atoms with E-state index in [0.717, 1.165) is 36.9 Å². The van der Waals surface area contributed by atoms with Gasteiger partial charge in [-0.2, -0.15) is 0 Å². The quantitative estimate of drug-likeness (QED) is 0.599. The molecule has 0 spiro atoms. The van der Waals surface area contributed by atoms with Crippen molar-refractivity contribution in [2.75, 3.05) is 0 Å². The van der Waals surface area contributed by atoms with Crippen LogP contribution in [0.2, 0.25) is 0 Å². The predicted octanol–water partition coefficient (Wildman–Crippen LogP) is 2.83. The number of hydrogen-bond donors (Lipinski definition) is 2. The van der Waals surface area contributed by atoms with Crippen LogP contribution in [0.25, 0.3) is 0 Å². The Kier molecular flexibility index (Phi) is 5.35. The van der Waals surface area contributed by atoms with E-state index in [0.29, 0.717) is 11.2 Å². The molecule has 1 saturated carbocycles. The number of carbonyl (C=O) groups is 1. The van der Waals surface area contributed by atoms with Crippen LogP contribution in [0.4, 0.5) is 0 Å². The van der Waals surface area contributed by atoms with Crippen molar-refractivity contribution in [3.8, 4) is 0 Å². The molecule has 126 valence electrons. The number of amides is 1. The standard InChI is InChI=1S/C18H21N3O2S/c1-2-6-14-11-15(22)21-18(20-14)24-16(12-7-4-3-5-8-12)17(23)19-13-9-10-13/h3-5,7-8,11,13,16H,2,6,9-10H2,1H3,(H,19,23)(H,20,21,22)/t16-/m1/s1. The number of carbonyl (C=O) groups excluding carboxylic acids is 1. The molecule has 1 atom stereocenters. The fourth-order valence-electron chi connectivity index (χ4n) is 2.44. The van der Waals surface area contributed by atoms with E-state index in [1.54, 1.807) is 0 Å². The van der Waals surface area contributed by atoms with Crippen molar-refractivity contribution in [3.63, 3.8) is 0 Å². The van der Waals surface area contributed by atoms with Crippen molar-refractivity contribution < 1.29 is 4.79 Å². The number of hydrogen-bond acceptors (Lipinski definition) is 4. The van der Waals surface area contributed by atoms with Gasteiger partial charge in [0.15, 0.2) is 5.16 Å². The maximum absolute atomic E-state index is 12.6. The molecule has 3 rings (SSSR count). The lowest BCUT2D eigenvalue weighted by Crippen LogP contribution is -2.30. The molecular weight excluding hydrogens is 322 g/mol. The first-order valence-electron chi connectivity index (χ1n) is 8.28. The van der Waals surface area contributed by atoms with Gasteiger partial charge < -0.3 is 10.3 Å². The van der Waals surface area contributed by atoms with E-state index in [1.807, 2.05) is 37.3 Å². The van der Waals surface area contributed by atoms with Gasteiger partial charge in [-0.25, -0.2) is 4.98 Å². The summed E-state index contributed by atoms with van der Waals surface area (Å²) in [6, 6.07) is 11.4. The second kappa shape index (κ2) is 7.66. The molecule has 0 radical (unpaired) electrons. The Morgan fingerprint density at radius 3 is 2.79 bits per heavy atom. The van der Waals surface area contributed by atoms with Gasteiger partial charge >= 0.3 is 0 Å². The molecular formula is C18H21N3O2S. The largest absolute Gasteiger partial charge is 0.352 e. The molecule has 1 aromatic heterocycles. The summed E-state index contributed by atoms with van der Waals surface area (Å²) >= 11 is 1.30. The lowest BCUT2D eigenvalue weighted by Gasteiger charge is -2.16. The topological polar surface area (TPSA) is 74.8 Å². The van der Waals surface area contributed by atoms with Crippen molar-refractivity contribution in [2.45, 2.75) is 49.1 Å². The van der Waals surface area contributed by atoms with Crippen LogP contribution in [-0.4, -0.2) is 21.9 Å². The number of H-pyrrole nitrogens is 1. The van der Waals surface area contributed by atoms with E-state index in [9.17, 15) is 9.59 Å². The van der Waals surface area contributed by atoms with Crippen LogP contribution in [0.5, 0.6) is 0 Å². The van der Waals surface area contributed by atoms with E-state index >= 15 is 0 Å². The zero-order chi connectivity index (χ0) is 16.9. The molecule has 0 aliphatic heterocycles. The summed E-state index contributed by atoms with van der Waals surface area (Å²) in [5, 5.41) is 3.11. The Morgan fingerprint density at radius 2 is 2.12 bits per heavy atom. The van der Waals surface area contributed by atoms with Gasteiger partial charge in [0.2, 0.25) is 5.91 Å². The molecule has 0 saturated heterocycles. The average molecular weight is 343 g/mol. The van der Waals surface area contributed by atoms with Gasteiger partial charge in [-0.3, -0.25) is 9.59 Å². The van der Waals surface area contributed by atoms with Gasteiger partial charge in [0.25, 0.3) is 5.56 Å². The summed E-state index contributed by atoms with van der Waals surface area (Å²) in [5.74, 6) is -0.0303. The zero-order valence-corrected chi connectivity index (χ0v) is 14.4. The maximum Gasteiger partial charge on any atom is 0.251 e. The zero-order valence-electron chi connectivity index (χ0n) is 13.6. The van der Waals surface area contributed by atoms with Crippen LogP contribution in [-0.2, 0) is 11.2 Å². The monoisotopic (exact) mass is 343 g/mol. The molecule has 24 heavy (non-hydrogen) atoms. The number of benzene rings is 1. The molecule has 1 heterocycles. The molecule has 1 amide bonds. The number of aromatic amines is 1. The fourth-order valence-corrected chi connectivity index (χ4v) is 3.46. The second-order valence-electron chi connectivity index (χ2n) is 5.98. The summed E-state index contributed by atoms with van der Waals surface area (Å²) in [5.41, 5.74) is 1.49. The summed E-state index contributed by atoms with van der Waals surface area (Å²) in [6.45, 7) is 2.05. The minimum absolute atomic E-state index is 0.0303. The first-order valence-corrected chi connectivity index (χ1v) is 9.16. The number of thioether (sulfide) groups is 1. The smallest absolute Gasteiger partial charge is 0.251 e. The fraction of sp³-hybridized carbons (Fsp3) is 0.389. The summed E-state index contributed by atoms with van der Waals surface area (Å²) in [6.07, 6.45) is 3.75. The van der Waals surface area contributed by atoms with Gasteiger partial charge in [-0.15, -0.1) is 0 Å². The Bertz CT molecular complexity index is 756. The van der Waals surface area contributed by atoms with Crippen LogP contribution < -0.4 is 10.9 Å². The molecule has 1 aliphatic rings. The normalized spacial score (nSPS) is 15.0. The first-order chi connectivity index (χ1) is 11.7. The highest BCUT2D eigenvalue weighted by Crippen LogP contribution is 2.34. The van der Waals surface area contributed by atoms with Gasteiger partial charge in [-0.1, -0.05) is 55.4 Å². The van der Waals surface area contributed by atoms with Crippen LogP contribution >= 0.6 is 11.8 Å². The third-order valence-corrected chi connectivity index (χ3v) is 4.91. The summed E-state index contributed by atoms with van der Waals surface area (Å²) in [4.78, 5) is 31.7. The molecule has 1 aliphatic carbocycles. The molecule has 6 heteroatoms. The molecule has 0 bridgehead atoms. The lowest BCUT2D eigenvalue weighted by atomic mass is 10.1. The third kappa shape index (κ3) is 4.47. The van der Waals surface area contributed by atoms with Crippen molar-refractivity contribution in [3.05, 3.63) is 58.0 Å². The summed E-state index contributed by atoms with van der Waals surface area (Å²) in [7, 11) is 0. The Balaban J connectivity index is 1.85. The minimum Gasteiger partial charge on any atom is -0.352 e. The van der Waals surface area contributed by atoms with E-state index < -0.39 is 5.25 Å². The van der Waals surface area contributed by atoms with E-state index in [2.05, 4.69) is 15.3 Å². The van der Waals surface area contributed by atoms with Gasteiger partial charge in [0, 0.05) is 17.8 Å². The van der Waals surface area contributed by atoms with Crippen molar-refractivity contribution in [1.29, 1.82) is 0 Å². The van der Waals surface area contributed by atoms with Gasteiger partial charge in [0.05, 0.1) is 0 Å². The van der Waals surface area contributed by atoms with Crippen LogP contribution in [0.3, 0.4) is 0 Å². The Morgan fingerprint density at radius 1 is 1.38 bits per heavy atom. The van der Waals surface area contributed by atoms with Crippen molar-refractivity contribution in [1.82, 2.24) is 15.3 Å². The summed E-state index contributed by atoms with van der Waals surface area (Å²) < 4.78 is 0. The van der Waals surface area contributed by atoms with Gasteiger partial charge in [-0.05, 0) is 24.8 Å². The average Bonchev–Trinajstić information content (AvgIpc) is 3.37. The van der Waals surface area contributed by atoms with Crippen LogP contribution in [0, 0.1) is 0 Å². The molecule has 2 N–H and O–H groups in total. The predicted molar refractivity (Wildman–Crippen MR) is 95.1 cm³/mol. The van der Waals surface area contributed by atoms with Crippen LogP contribution in [0.1, 0.15) is 42.7 Å². The highest BCUT2D eigenvalue weighted by Gasteiger charge is 2.29. The molecule has 2 aromatic rings. The van der Waals surface area contributed by atoms with E-state index in [-0.39, 0.29) is 11.5 Å². The lowest BCUT2D eigenvalue weighted by molar-refractivity contribution is -0.120. The SMILES string of the molecule is CCCc1cc(=O)[nH]c(S[C@@H](C(=O)NC2CC2)c2ccccc2)n1. The second-order valence-corrected chi connectivity index (χ2v) is 7.08. The maximum atomic E-state index is 12.6.